The summed E-state index contributed by atoms with van der Waals surface area (Å²) in [5.74, 6) is -0.971. The third kappa shape index (κ3) is 3.31. The van der Waals surface area contributed by atoms with Crippen LogP contribution in [0.3, 0.4) is 0 Å². The zero-order valence-corrected chi connectivity index (χ0v) is 9.46. The number of aliphatic hydroxyl groups is 1. The molecule has 1 aromatic rings. The van der Waals surface area contributed by atoms with E-state index in [1.165, 1.54) is 12.1 Å². The molecule has 0 fully saturated rings. The molecule has 1 aromatic carbocycles. The fraction of sp³-hybridized carbons (Fsp3) is 0.417. The van der Waals surface area contributed by atoms with Crippen molar-refractivity contribution in [1.82, 2.24) is 5.32 Å². The molecule has 3 nitrogen and oxygen atoms in total. The number of carbonyl (C=O) groups is 1. The van der Waals surface area contributed by atoms with Gasteiger partial charge in [-0.1, -0.05) is 11.6 Å². The minimum absolute atomic E-state index is 0.00224. The highest BCUT2D eigenvalue weighted by molar-refractivity contribution is 5.94. The Labute approximate surface area is 94.3 Å². The van der Waals surface area contributed by atoms with Gasteiger partial charge in [0.25, 0.3) is 5.91 Å². The second kappa shape index (κ2) is 5.61. The number of halogens is 1. The van der Waals surface area contributed by atoms with E-state index < -0.39 is 11.7 Å². The molecule has 0 spiro atoms. The molecule has 4 heteroatoms. The Balaban J connectivity index is 2.76. The third-order valence-corrected chi connectivity index (χ3v) is 2.31. The molecule has 0 saturated heterocycles. The van der Waals surface area contributed by atoms with Gasteiger partial charge in [-0.3, -0.25) is 4.79 Å². The molecule has 1 amide bonds. The summed E-state index contributed by atoms with van der Waals surface area (Å²) in [6.07, 6.45) is 0.458. The number of hydrogen-bond acceptors (Lipinski definition) is 2. The smallest absolute Gasteiger partial charge is 0.254 e. The van der Waals surface area contributed by atoms with Gasteiger partial charge < -0.3 is 10.4 Å². The van der Waals surface area contributed by atoms with Gasteiger partial charge in [0, 0.05) is 12.6 Å². The third-order valence-electron chi connectivity index (χ3n) is 2.31. The highest BCUT2D eigenvalue weighted by Crippen LogP contribution is 2.10. The van der Waals surface area contributed by atoms with Gasteiger partial charge in [-0.2, -0.15) is 0 Å². The molecule has 0 aliphatic heterocycles. The van der Waals surface area contributed by atoms with E-state index in [4.69, 9.17) is 5.11 Å². The van der Waals surface area contributed by atoms with Gasteiger partial charge in [0.15, 0.2) is 0 Å². The second-order valence-electron chi connectivity index (χ2n) is 3.87. The van der Waals surface area contributed by atoms with E-state index >= 15 is 0 Å². The van der Waals surface area contributed by atoms with Crippen molar-refractivity contribution < 1.29 is 14.3 Å². The van der Waals surface area contributed by atoms with E-state index in [0.29, 0.717) is 6.42 Å². The molecule has 1 atom stereocenters. The maximum Gasteiger partial charge on any atom is 0.254 e. The SMILES string of the molecule is Cc1ccc(F)c(C(=O)NC(C)CCO)c1. The van der Waals surface area contributed by atoms with E-state index in [0.717, 1.165) is 5.56 Å². The van der Waals surface area contributed by atoms with Gasteiger partial charge in [-0.15, -0.1) is 0 Å². The average Bonchev–Trinajstić information content (AvgIpc) is 2.21. The van der Waals surface area contributed by atoms with Gasteiger partial charge in [0.2, 0.25) is 0 Å². The lowest BCUT2D eigenvalue weighted by molar-refractivity contribution is 0.0930. The molecule has 0 aromatic heterocycles. The molecule has 88 valence electrons. The first kappa shape index (κ1) is 12.6. The Morgan fingerprint density at radius 1 is 1.56 bits per heavy atom. The molecule has 0 aliphatic rings. The van der Waals surface area contributed by atoms with E-state index in [9.17, 15) is 9.18 Å². The summed E-state index contributed by atoms with van der Waals surface area (Å²) < 4.78 is 13.3. The lowest BCUT2D eigenvalue weighted by Crippen LogP contribution is -2.33. The van der Waals surface area contributed by atoms with Crippen LogP contribution in [0.2, 0.25) is 0 Å². The highest BCUT2D eigenvalue weighted by Gasteiger charge is 2.13. The second-order valence-corrected chi connectivity index (χ2v) is 3.87. The summed E-state index contributed by atoms with van der Waals surface area (Å²) in [7, 11) is 0. The van der Waals surface area contributed by atoms with Gasteiger partial charge in [-0.05, 0) is 32.4 Å². The number of amides is 1. The summed E-state index contributed by atoms with van der Waals surface area (Å²) in [6.45, 7) is 3.56. The van der Waals surface area contributed by atoms with Crippen LogP contribution in [0.4, 0.5) is 4.39 Å². The van der Waals surface area contributed by atoms with Crippen molar-refractivity contribution >= 4 is 5.91 Å². The van der Waals surface area contributed by atoms with Crippen molar-refractivity contribution in [2.45, 2.75) is 26.3 Å². The Bertz CT molecular complexity index is 379. The van der Waals surface area contributed by atoms with Crippen LogP contribution in [0.5, 0.6) is 0 Å². The highest BCUT2D eigenvalue weighted by atomic mass is 19.1. The van der Waals surface area contributed by atoms with Crippen LogP contribution in [0.1, 0.15) is 29.3 Å². The Morgan fingerprint density at radius 2 is 2.25 bits per heavy atom. The average molecular weight is 225 g/mol. The van der Waals surface area contributed by atoms with Crippen molar-refractivity contribution in [2.24, 2.45) is 0 Å². The predicted molar refractivity (Wildman–Crippen MR) is 59.8 cm³/mol. The largest absolute Gasteiger partial charge is 0.396 e. The molecule has 2 N–H and O–H groups in total. The molecular weight excluding hydrogens is 209 g/mol. The van der Waals surface area contributed by atoms with Crippen molar-refractivity contribution in [1.29, 1.82) is 0 Å². The molecule has 0 saturated carbocycles. The first-order chi connectivity index (χ1) is 7.54. The molecule has 1 rings (SSSR count). The zero-order chi connectivity index (χ0) is 12.1. The van der Waals surface area contributed by atoms with Crippen LogP contribution in [-0.4, -0.2) is 23.7 Å². The van der Waals surface area contributed by atoms with Gasteiger partial charge in [-0.25, -0.2) is 4.39 Å². The van der Waals surface area contributed by atoms with Crippen LogP contribution in [0.15, 0.2) is 18.2 Å². The Kier molecular flexibility index (Phi) is 4.43. The molecule has 1 unspecified atom stereocenters. The first-order valence-corrected chi connectivity index (χ1v) is 5.22. The molecule has 0 aliphatic carbocycles. The van der Waals surface area contributed by atoms with Gasteiger partial charge in [0.05, 0.1) is 5.56 Å². The summed E-state index contributed by atoms with van der Waals surface area (Å²) in [6, 6.07) is 4.23. The summed E-state index contributed by atoms with van der Waals surface area (Å²) >= 11 is 0. The summed E-state index contributed by atoms with van der Waals surface area (Å²) in [4.78, 5) is 11.7. The van der Waals surface area contributed by atoms with Crippen molar-refractivity contribution in [3.05, 3.63) is 35.1 Å². The fourth-order valence-electron chi connectivity index (χ4n) is 1.38. The minimum Gasteiger partial charge on any atom is -0.396 e. The van der Waals surface area contributed by atoms with Gasteiger partial charge >= 0.3 is 0 Å². The molecule has 0 bridgehead atoms. The Hall–Kier alpha value is -1.42. The summed E-state index contributed by atoms with van der Waals surface area (Å²) in [5, 5.41) is 11.3. The predicted octanol–water partition coefficient (Wildman–Crippen LogP) is 1.63. The first-order valence-electron chi connectivity index (χ1n) is 5.22. The lowest BCUT2D eigenvalue weighted by Gasteiger charge is -2.13. The van der Waals surface area contributed by atoms with Crippen molar-refractivity contribution in [3.8, 4) is 0 Å². The van der Waals surface area contributed by atoms with Crippen LogP contribution in [0, 0.1) is 12.7 Å². The maximum atomic E-state index is 13.3. The monoisotopic (exact) mass is 225 g/mol. The summed E-state index contributed by atoms with van der Waals surface area (Å²) in [5.41, 5.74) is 0.881. The van der Waals surface area contributed by atoms with Crippen molar-refractivity contribution in [3.63, 3.8) is 0 Å². The van der Waals surface area contributed by atoms with Crippen LogP contribution in [-0.2, 0) is 0 Å². The van der Waals surface area contributed by atoms with E-state index in [-0.39, 0.29) is 18.2 Å². The van der Waals surface area contributed by atoms with E-state index in [2.05, 4.69) is 5.32 Å². The van der Waals surface area contributed by atoms with Crippen LogP contribution < -0.4 is 5.32 Å². The number of benzene rings is 1. The van der Waals surface area contributed by atoms with E-state index in [1.54, 1.807) is 19.9 Å². The number of rotatable bonds is 4. The molecule has 16 heavy (non-hydrogen) atoms. The zero-order valence-electron chi connectivity index (χ0n) is 9.46. The number of hydrogen-bond donors (Lipinski definition) is 2. The molecule has 0 radical (unpaired) electrons. The van der Waals surface area contributed by atoms with Crippen molar-refractivity contribution in [2.75, 3.05) is 6.61 Å². The normalized spacial score (nSPS) is 12.2. The number of nitrogens with one attached hydrogen (secondary N) is 1. The maximum absolute atomic E-state index is 13.3. The fourth-order valence-corrected chi connectivity index (χ4v) is 1.38. The topological polar surface area (TPSA) is 49.3 Å². The number of carbonyl (C=O) groups excluding carboxylic acids is 1. The number of aryl methyl sites for hydroxylation is 1. The lowest BCUT2D eigenvalue weighted by atomic mass is 10.1. The van der Waals surface area contributed by atoms with Crippen LogP contribution >= 0.6 is 0 Å². The minimum atomic E-state index is -0.528. The van der Waals surface area contributed by atoms with Crippen LogP contribution in [0.25, 0.3) is 0 Å². The molecular formula is C12H16FNO2. The molecule has 0 heterocycles. The quantitative estimate of drug-likeness (QED) is 0.818. The van der Waals surface area contributed by atoms with E-state index in [1.807, 2.05) is 0 Å². The number of aliphatic hydroxyl groups excluding tert-OH is 1. The van der Waals surface area contributed by atoms with Gasteiger partial charge in [0.1, 0.15) is 5.82 Å². The standard InChI is InChI=1S/C12H16FNO2/c1-8-3-4-11(13)10(7-8)12(16)14-9(2)5-6-15/h3-4,7,9,15H,5-6H2,1-2H3,(H,14,16). The Morgan fingerprint density at radius 3 is 2.88 bits per heavy atom.